The standard InChI is InChI=1S/C18H24FN3O3/c1-4-14-16(17(23)25-5-2)15(21-18(24)20-14)11-22(3)10-12-6-8-13(19)9-7-12/h6-9,14H,4-5,10-11H2,1-3H3,(H2,20,21,24). The summed E-state index contributed by atoms with van der Waals surface area (Å²) in [5.74, 6) is -0.706. The number of ether oxygens (including phenoxy) is 1. The lowest BCUT2D eigenvalue weighted by molar-refractivity contribution is -0.139. The Kier molecular flexibility index (Phi) is 6.52. The van der Waals surface area contributed by atoms with Crippen molar-refractivity contribution in [2.24, 2.45) is 0 Å². The lowest BCUT2D eigenvalue weighted by Crippen LogP contribution is -2.51. The van der Waals surface area contributed by atoms with E-state index in [1.165, 1.54) is 12.1 Å². The molecule has 25 heavy (non-hydrogen) atoms. The molecule has 1 unspecified atom stereocenters. The second kappa shape index (κ2) is 8.62. The van der Waals surface area contributed by atoms with Gasteiger partial charge in [-0.15, -0.1) is 0 Å². The molecular weight excluding hydrogens is 325 g/mol. The van der Waals surface area contributed by atoms with Crippen LogP contribution in [-0.2, 0) is 16.1 Å². The summed E-state index contributed by atoms with van der Waals surface area (Å²) in [6.07, 6.45) is 0.590. The van der Waals surface area contributed by atoms with Crippen molar-refractivity contribution in [3.63, 3.8) is 0 Å². The molecule has 1 aliphatic heterocycles. The summed E-state index contributed by atoms with van der Waals surface area (Å²) in [5.41, 5.74) is 1.93. The second-order valence-corrected chi connectivity index (χ2v) is 5.97. The molecule has 0 radical (unpaired) electrons. The van der Waals surface area contributed by atoms with Crippen LogP contribution in [0.15, 0.2) is 35.5 Å². The van der Waals surface area contributed by atoms with Gasteiger partial charge in [-0.1, -0.05) is 19.1 Å². The van der Waals surface area contributed by atoms with E-state index in [0.29, 0.717) is 30.8 Å². The van der Waals surface area contributed by atoms with Gasteiger partial charge in [0.25, 0.3) is 0 Å². The lowest BCUT2D eigenvalue weighted by atomic mass is 10.00. The summed E-state index contributed by atoms with van der Waals surface area (Å²) in [7, 11) is 1.87. The first-order valence-corrected chi connectivity index (χ1v) is 8.35. The number of rotatable bonds is 7. The van der Waals surface area contributed by atoms with Gasteiger partial charge in [0.05, 0.1) is 18.2 Å². The largest absolute Gasteiger partial charge is 0.463 e. The van der Waals surface area contributed by atoms with Gasteiger partial charge in [0.15, 0.2) is 0 Å². The lowest BCUT2D eigenvalue weighted by Gasteiger charge is -2.30. The molecule has 0 aromatic heterocycles. The van der Waals surface area contributed by atoms with Crippen LogP contribution in [0.2, 0.25) is 0 Å². The molecule has 0 saturated carbocycles. The van der Waals surface area contributed by atoms with Crippen LogP contribution in [0, 0.1) is 5.82 Å². The molecule has 1 aromatic carbocycles. The minimum Gasteiger partial charge on any atom is -0.463 e. The molecule has 136 valence electrons. The van der Waals surface area contributed by atoms with Crippen molar-refractivity contribution in [2.75, 3.05) is 20.2 Å². The smallest absolute Gasteiger partial charge is 0.337 e. The van der Waals surface area contributed by atoms with Gasteiger partial charge in [-0.2, -0.15) is 0 Å². The van der Waals surface area contributed by atoms with Crippen LogP contribution in [0.1, 0.15) is 25.8 Å². The molecule has 6 nitrogen and oxygen atoms in total. The Morgan fingerprint density at radius 3 is 2.52 bits per heavy atom. The maximum absolute atomic E-state index is 13.0. The highest BCUT2D eigenvalue weighted by Gasteiger charge is 2.31. The predicted molar refractivity (Wildman–Crippen MR) is 92.1 cm³/mol. The van der Waals surface area contributed by atoms with E-state index in [-0.39, 0.29) is 24.5 Å². The normalized spacial score (nSPS) is 17.3. The summed E-state index contributed by atoms with van der Waals surface area (Å²) in [6.45, 7) is 4.84. The zero-order valence-corrected chi connectivity index (χ0v) is 14.8. The summed E-state index contributed by atoms with van der Waals surface area (Å²) in [6, 6.07) is 5.54. The Labute approximate surface area is 147 Å². The summed E-state index contributed by atoms with van der Waals surface area (Å²) < 4.78 is 18.2. The topological polar surface area (TPSA) is 70.7 Å². The SMILES string of the molecule is CCOC(=O)C1=C(CN(C)Cc2ccc(F)cc2)NC(=O)NC1CC. The molecule has 2 rings (SSSR count). The van der Waals surface area contributed by atoms with E-state index in [0.717, 1.165) is 5.56 Å². The van der Waals surface area contributed by atoms with Crippen molar-refractivity contribution in [3.05, 3.63) is 46.9 Å². The molecule has 1 atom stereocenters. The quantitative estimate of drug-likeness (QED) is 0.740. The molecule has 0 bridgehead atoms. The number of carbonyl (C=O) groups excluding carboxylic acids is 2. The average Bonchev–Trinajstić information content (AvgIpc) is 2.56. The number of urea groups is 1. The van der Waals surface area contributed by atoms with E-state index in [4.69, 9.17) is 4.74 Å². The zero-order valence-electron chi connectivity index (χ0n) is 14.8. The minimum atomic E-state index is -0.424. The number of nitrogens with zero attached hydrogens (tertiary/aromatic N) is 1. The van der Waals surface area contributed by atoms with E-state index in [1.807, 2.05) is 18.9 Å². The Balaban J connectivity index is 2.19. The Morgan fingerprint density at radius 1 is 1.24 bits per heavy atom. The number of hydrogen-bond acceptors (Lipinski definition) is 4. The monoisotopic (exact) mass is 349 g/mol. The van der Waals surface area contributed by atoms with Gasteiger partial charge in [-0.25, -0.2) is 14.0 Å². The number of benzene rings is 1. The third-order valence-electron chi connectivity index (χ3n) is 3.94. The zero-order chi connectivity index (χ0) is 18.4. The van der Waals surface area contributed by atoms with Crippen LogP contribution in [-0.4, -0.2) is 43.1 Å². The van der Waals surface area contributed by atoms with Crippen LogP contribution >= 0.6 is 0 Å². The maximum atomic E-state index is 13.0. The molecular formula is C18H24FN3O3. The van der Waals surface area contributed by atoms with Gasteiger partial charge in [0, 0.05) is 18.8 Å². The predicted octanol–water partition coefficient (Wildman–Crippen LogP) is 2.17. The Hall–Kier alpha value is -2.41. The maximum Gasteiger partial charge on any atom is 0.337 e. The third kappa shape index (κ3) is 5.03. The summed E-state index contributed by atoms with van der Waals surface area (Å²) in [5, 5.41) is 5.47. The van der Waals surface area contributed by atoms with Crippen LogP contribution in [0.5, 0.6) is 0 Å². The molecule has 0 saturated heterocycles. The number of amides is 2. The highest BCUT2D eigenvalue weighted by molar-refractivity contribution is 5.94. The molecule has 1 heterocycles. The number of halogens is 1. The Bertz CT molecular complexity index is 658. The van der Waals surface area contributed by atoms with Gasteiger partial charge in [-0.05, 0) is 38.1 Å². The average molecular weight is 349 g/mol. The van der Waals surface area contributed by atoms with Gasteiger partial charge >= 0.3 is 12.0 Å². The second-order valence-electron chi connectivity index (χ2n) is 5.97. The van der Waals surface area contributed by atoms with Crippen molar-refractivity contribution < 1.29 is 18.7 Å². The van der Waals surface area contributed by atoms with E-state index < -0.39 is 5.97 Å². The fraction of sp³-hybridized carbons (Fsp3) is 0.444. The fourth-order valence-electron chi connectivity index (χ4n) is 2.81. The molecule has 0 aliphatic carbocycles. The van der Waals surface area contributed by atoms with E-state index in [2.05, 4.69) is 10.6 Å². The van der Waals surface area contributed by atoms with Crippen LogP contribution in [0.4, 0.5) is 9.18 Å². The number of carbonyl (C=O) groups is 2. The first kappa shape index (κ1) is 18.9. The number of esters is 1. The summed E-state index contributed by atoms with van der Waals surface area (Å²) >= 11 is 0. The first-order chi connectivity index (χ1) is 11.9. The van der Waals surface area contributed by atoms with E-state index in [9.17, 15) is 14.0 Å². The highest BCUT2D eigenvalue weighted by Crippen LogP contribution is 2.18. The number of hydrogen-bond donors (Lipinski definition) is 2. The molecule has 0 spiro atoms. The Morgan fingerprint density at radius 2 is 1.92 bits per heavy atom. The van der Waals surface area contributed by atoms with Crippen LogP contribution in [0.3, 0.4) is 0 Å². The van der Waals surface area contributed by atoms with Crippen molar-refractivity contribution in [1.29, 1.82) is 0 Å². The number of nitrogens with one attached hydrogen (secondary N) is 2. The van der Waals surface area contributed by atoms with E-state index >= 15 is 0 Å². The molecule has 1 aliphatic rings. The van der Waals surface area contributed by atoms with Crippen LogP contribution in [0.25, 0.3) is 0 Å². The van der Waals surface area contributed by atoms with Gasteiger partial charge < -0.3 is 15.4 Å². The molecule has 0 fully saturated rings. The first-order valence-electron chi connectivity index (χ1n) is 8.35. The highest BCUT2D eigenvalue weighted by atomic mass is 19.1. The molecule has 1 aromatic rings. The molecule has 2 N–H and O–H groups in total. The molecule has 7 heteroatoms. The van der Waals surface area contributed by atoms with Gasteiger partial charge in [-0.3, -0.25) is 4.90 Å². The van der Waals surface area contributed by atoms with Crippen molar-refractivity contribution >= 4 is 12.0 Å². The van der Waals surface area contributed by atoms with Crippen molar-refractivity contribution in [3.8, 4) is 0 Å². The van der Waals surface area contributed by atoms with Gasteiger partial charge in [0.1, 0.15) is 5.82 Å². The van der Waals surface area contributed by atoms with Crippen LogP contribution < -0.4 is 10.6 Å². The molecule has 2 amide bonds. The minimum absolute atomic E-state index is 0.269. The summed E-state index contributed by atoms with van der Waals surface area (Å²) in [4.78, 5) is 26.2. The van der Waals surface area contributed by atoms with Crippen molar-refractivity contribution in [1.82, 2.24) is 15.5 Å². The van der Waals surface area contributed by atoms with Crippen molar-refractivity contribution in [2.45, 2.75) is 32.9 Å². The fourth-order valence-corrected chi connectivity index (χ4v) is 2.81. The van der Waals surface area contributed by atoms with E-state index in [1.54, 1.807) is 19.1 Å². The van der Waals surface area contributed by atoms with Gasteiger partial charge in [0.2, 0.25) is 0 Å². The number of likely N-dealkylation sites (N-methyl/N-ethyl adjacent to an activating group) is 1. The third-order valence-corrected chi connectivity index (χ3v) is 3.94.